The van der Waals surface area contributed by atoms with Crippen molar-refractivity contribution in [3.8, 4) is 0 Å². The molecular weight excluding hydrogens is 283 g/mol. The fourth-order valence-electron chi connectivity index (χ4n) is 3.26. The molecule has 4 nitrogen and oxygen atoms in total. The van der Waals surface area contributed by atoms with Crippen LogP contribution in [0.5, 0.6) is 0 Å². The lowest BCUT2D eigenvalue weighted by Crippen LogP contribution is -2.39. The molecule has 1 unspecified atom stereocenters. The van der Waals surface area contributed by atoms with E-state index in [0.717, 1.165) is 25.9 Å². The zero-order chi connectivity index (χ0) is 15.7. The average molecular weight is 304 g/mol. The van der Waals surface area contributed by atoms with Crippen molar-refractivity contribution in [1.82, 2.24) is 5.32 Å². The van der Waals surface area contributed by atoms with Crippen LogP contribution in [0.25, 0.3) is 0 Å². The number of carbonyl (C=O) groups excluding carboxylic acids is 2. The van der Waals surface area contributed by atoms with Gasteiger partial charge in [-0.1, -0.05) is 13.0 Å². The quantitative estimate of drug-likeness (QED) is 0.854. The molecule has 5 heteroatoms. The van der Waals surface area contributed by atoms with Crippen LogP contribution < -0.4 is 10.2 Å². The molecule has 1 aromatic carbocycles. The normalized spacial score (nSPS) is 23.5. The minimum Gasteiger partial charge on any atom is -0.369 e. The van der Waals surface area contributed by atoms with Crippen molar-refractivity contribution >= 4 is 17.5 Å². The third-order valence-corrected chi connectivity index (χ3v) is 4.74. The third kappa shape index (κ3) is 2.98. The van der Waals surface area contributed by atoms with Crippen molar-refractivity contribution in [2.24, 2.45) is 5.92 Å². The summed E-state index contributed by atoms with van der Waals surface area (Å²) >= 11 is 0. The van der Waals surface area contributed by atoms with Crippen LogP contribution in [0, 0.1) is 11.7 Å². The summed E-state index contributed by atoms with van der Waals surface area (Å²) < 4.78 is 14.5. The highest BCUT2D eigenvalue weighted by Crippen LogP contribution is 2.30. The first-order valence-corrected chi connectivity index (χ1v) is 7.92. The summed E-state index contributed by atoms with van der Waals surface area (Å²) in [5, 5.41) is 2.32. The molecule has 2 fully saturated rings. The lowest BCUT2D eigenvalue weighted by atomic mass is 9.90. The second-order valence-electron chi connectivity index (χ2n) is 6.38. The van der Waals surface area contributed by atoms with Gasteiger partial charge in [0.25, 0.3) is 0 Å². The number of amides is 2. The van der Waals surface area contributed by atoms with E-state index in [2.05, 4.69) is 17.1 Å². The molecule has 2 heterocycles. The summed E-state index contributed by atoms with van der Waals surface area (Å²) in [6, 6.07) is 5.04. The van der Waals surface area contributed by atoms with Gasteiger partial charge in [0, 0.05) is 19.5 Å². The molecule has 2 aliphatic heterocycles. The summed E-state index contributed by atoms with van der Waals surface area (Å²) in [5.41, 5.74) is 1.26. The number of hydrogen-bond donors (Lipinski definition) is 1. The second-order valence-corrected chi connectivity index (χ2v) is 6.38. The number of halogens is 1. The van der Waals surface area contributed by atoms with Gasteiger partial charge in [0.1, 0.15) is 5.82 Å². The molecule has 3 rings (SSSR count). The maximum Gasteiger partial charge on any atom is 0.234 e. The Hall–Kier alpha value is -1.91. The number of nitrogens with zero attached hydrogens (tertiary/aromatic N) is 1. The van der Waals surface area contributed by atoms with Crippen LogP contribution in [-0.2, 0) is 9.59 Å². The van der Waals surface area contributed by atoms with Gasteiger partial charge in [0.15, 0.2) is 0 Å². The Morgan fingerprint density at radius 2 is 1.91 bits per heavy atom. The van der Waals surface area contributed by atoms with Gasteiger partial charge >= 0.3 is 0 Å². The number of rotatable bonds is 2. The molecule has 1 aromatic rings. The first-order chi connectivity index (χ1) is 10.5. The van der Waals surface area contributed by atoms with Crippen LogP contribution in [0.1, 0.15) is 44.1 Å². The highest BCUT2D eigenvalue weighted by Gasteiger charge is 2.29. The molecule has 118 valence electrons. The Morgan fingerprint density at radius 1 is 1.18 bits per heavy atom. The highest BCUT2D eigenvalue weighted by molar-refractivity contribution is 6.00. The number of hydrogen-bond acceptors (Lipinski definition) is 3. The van der Waals surface area contributed by atoms with Crippen molar-refractivity contribution in [1.29, 1.82) is 0 Å². The molecular formula is C17H21FN2O2. The number of imide groups is 1. The molecule has 0 aliphatic carbocycles. The predicted molar refractivity (Wildman–Crippen MR) is 82.1 cm³/mol. The minimum absolute atomic E-state index is 0.249. The van der Waals surface area contributed by atoms with Gasteiger partial charge in [0.05, 0.1) is 11.6 Å². The number of piperidine rings is 2. The SMILES string of the molecule is CC1CCN(c2ccc(C3CCC(=O)NC3=O)cc2F)CC1. The fraction of sp³-hybridized carbons (Fsp3) is 0.529. The summed E-state index contributed by atoms with van der Waals surface area (Å²) in [6.07, 6.45) is 2.91. The van der Waals surface area contributed by atoms with E-state index in [0.29, 0.717) is 30.0 Å². The molecule has 1 atom stereocenters. The van der Waals surface area contributed by atoms with E-state index >= 15 is 0 Å². The van der Waals surface area contributed by atoms with E-state index < -0.39 is 5.92 Å². The van der Waals surface area contributed by atoms with Gasteiger partial charge in [-0.05, 0) is 42.9 Å². The van der Waals surface area contributed by atoms with E-state index in [1.165, 1.54) is 6.07 Å². The maximum atomic E-state index is 14.5. The first-order valence-electron chi connectivity index (χ1n) is 7.92. The predicted octanol–water partition coefficient (Wildman–Crippen LogP) is 2.58. The minimum atomic E-state index is -0.428. The smallest absolute Gasteiger partial charge is 0.234 e. The monoisotopic (exact) mass is 304 g/mol. The van der Waals surface area contributed by atoms with Crippen molar-refractivity contribution in [2.45, 2.75) is 38.5 Å². The Labute approximate surface area is 129 Å². The molecule has 2 saturated heterocycles. The second kappa shape index (κ2) is 6.07. The fourth-order valence-corrected chi connectivity index (χ4v) is 3.26. The molecule has 1 N–H and O–H groups in total. The van der Waals surface area contributed by atoms with E-state index in [1.807, 2.05) is 6.07 Å². The van der Waals surface area contributed by atoms with Gasteiger partial charge in [-0.2, -0.15) is 0 Å². The summed E-state index contributed by atoms with van der Waals surface area (Å²) in [5.74, 6) is -0.586. The molecule has 0 spiro atoms. The zero-order valence-electron chi connectivity index (χ0n) is 12.8. The molecule has 0 bridgehead atoms. The number of nitrogens with one attached hydrogen (secondary N) is 1. The van der Waals surface area contributed by atoms with Crippen molar-refractivity contribution in [3.63, 3.8) is 0 Å². The first kappa shape index (κ1) is 15.0. The highest BCUT2D eigenvalue weighted by atomic mass is 19.1. The van der Waals surface area contributed by atoms with E-state index in [4.69, 9.17) is 0 Å². The largest absolute Gasteiger partial charge is 0.369 e. The van der Waals surface area contributed by atoms with Gasteiger partial charge in [0.2, 0.25) is 11.8 Å². The Kier molecular flexibility index (Phi) is 4.14. The van der Waals surface area contributed by atoms with Gasteiger partial charge < -0.3 is 4.90 Å². The third-order valence-electron chi connectivity index (χ3n) is 4.74. The summed E-state index contributed by atoms with van der Waals surface area (Å²) in [7, 11) is 0. The Balaban J connectivity index is 1.77. The van der Waals surface area contributed by atoms with Gasteiger partial charge in [-0.25, -0.2) is 4.39 Å². The van der Waals surface area contributed by atoms with E-state index in [1.54, 1.807) is 6.07 Å². The van der Waals surface area contributed by atoms with E-state index in [9.17, 15) is 14.0 Å². The molecule has 2 amide bonds. The number of carbonyl (C=O) groups is 2. The molecule has 0 saturated carbocycles. The van der Waals surface area contributed by atoms with Crippen LogP contribution in [0.3, 0.4) is 0 Å². The van der Waals surface area contributed by atoms with Crippen molar-refractivity contribution in [2.75, 3.05) is 18.0 Å². The van der Waals surface area contributed by atoms with Crippen LogP contribution in [0.4, 0.5) is 10.1 Å². The lowest BCUT2D eigenvalue weighted by Gasteiger charge is -2.32. The van der Waals surface area contributed by atoms with Crippen molar-refractivity contribution < 1.29 is 14.0 Å². The van der Waals surface area contributed by atoms with Crippen LogP contribution >= 0.6 is 0 Å². The van der Waals surface area contributed by atoms with Gasteiger partial charge in [-0.15, -0.1) is 0 Å². The van der Waals surface area contributed by atoms with Crippen LogP contribution in [0.15, 0.2) is 18.2 Å². The molecule has 0 radical (unpaired) electrons. The van der Waals surface area contributed by atoms with Crippen LogP contribution in [0.2, 0.25) is 0 Å². The Bertz CT molecular complexity index is 594. The van der Waals surface area contributed by atoms with Crippen molar-refractivity contribution in [3.05, 3.63) is 29.6 Å². The Morgan fingerprint density at radius 3 is 2.55 bits per heavy atom. The molecule has 0 aromatic heterocycles. The van der Waals surface area contributed by atoms with Crippen LogP contribution in [-0.4, -0.2) is 24.9 Å². The molecule has 22 heavy (non-hydrogen) atoms. The summed E-state index contributed by atoms with van der Waals surface area (Å²) in [4.78, 5) is 25.1. The zero-order valence-corrected chi connectivity index (χ0v) is 12.8. The average Bonchev–Trinajstić information content (AvgIpc) is 2.48. The number of benzene rings is 1. The topological polar surface area (TPSA) is 49.4 Å². The summed E-state index contributed by atoms with van der Waals surface area (Å²) in [6.45, 7) is 3.96. The van der Waals surface area contributed by atoms with E-state index in [-0.39, 0.29) is 17.6 Å². The molecule has 2 aliphatic rings. The maximum absolute atomic E-state index is 14.5. The standard InChI is InChI=1S/C17H21FN2O2/c1-11-6-8-20(9-7-11)15-4-2-12(10-14(15)18)13-3-5-16(21)19-17(13)22/h2,4,10-11,13H,3,5-9H2,1H3,(H,19,21,22). The lowest BCUT2D eigenvalue weighted by molar-refractivity contribution is -0.134. The number of anilines is 1. The van der Waals surface area contributed by atoms with Gasteiger partial charge in [-0.3, -0.25) is 14.9 Å².